The van der Waals surface area contributed by atoms with Crippen molar-refractivity contribution >= 4 is 22.9 Å². The van der Waals surface area contributed by atoms with E-state index in [9.17, 15) is 9.18 Å². The minimum atomic E-state index is -0.201. The minimum Gasteiger partial charge on any atom is -0.378 e. The first-order valence-electron chi connectivity index (χ1n) is 10.6. The predicted molar refractivity (Wildman–Crippen MR) is 126 cm³/mol. The Balaban J connectivity index is 1.29. The van der Waals surface area contributed by atoms with Crippen LogP contribution in [0.25, 0.3) is 10.4 Å². The van der Waals surface area contributed by atoms with E-state index >= 15 is 0 Å². The summed E-state index contributed by atoms with van der Waals surface area (Å²) in [5.41, 5.74) is 3.40. The van der Waals surface area contributed by atoms with Crippen LogP contribution < -0.4 is 10.2 Å². The molecule has 0 bridgehead atoms. The number of halogens is 1. The maximum atomic E-state index is 13.1. The Morgan fingerprint density at radius 1 is 1.03 bits per heavy atom. The number of carbonyl (C=O) groups is 1. The summed E-state index contributed by atoms with van der Waals surface area (Å²) in [6, 6.07) is 19.2. The number of rotatable bonds is 6. The number of nitrogens with one attached hydrogen (secondary N) is 1. The van der Waals surface area contributed by atoms with Crippen molar-refractivity contribution < 1.29 is 9.18 Å². The number of piperidine rings is 1. The Hall–Kier alpha value is -2.70. The molecule has 2 heterocycles. The SMILES string of the molecule is CN(C)c1ccc(-c2ccc(C(=O)NC3CCN(Cc4ccc(F)cc4)CC3)s2)cc1. The van der Waals surface area contributed by atoms with Gasteiger partial charge in [0, 0.05) is 50.3 Å². The highest BCUT2D eigenvalue weighted by Gasteiger charge is 2.22. The van der Waals surface area contributed by atoms with E-state index in [1.54, 1.807) is 0 Å². The van der Waals surface area contributed by atoms with Crippen molar-refractivity contribution in [3.05, 3.63) is 76.9 Å². The van der Waals surface area contributed by atoms with Gasteiger partial charge in [0.1, 0.15) is 5.82 Å². The fraction of sp³-hybridized carbons (Fsp3) is 0.320. The fourth-order valence-corrected chi connectivity index (χ4v) is 4.79. The maximum absolute atomic E-state index is 13.1. The molecule has 0 saturated carbocycles. The summed E-state index contributed by atoms with van der Waals surface area (Å²) in [5, 5.41) is 3.20. The van der Waals surface area contributed by atoms with E-state index in [0.717, 1.165) is 59.0 Å². The number of likely N-dealkylation sites (tertiary alicyclic amines) is 1. The third-order valence-electron chi connectivity index (χ3n) is 5.74. The number of carbonyl (C=O) groups excluding carboxylic acids is 1. The fourth-order valence-electron chi connectivity index (χ4n) is 3.88. The lowest BCUT2D eigenvalue weighted by molar-refractivity contribution is 0.0913. The van der Waals surface area contributed by atoms with Gasteiger partial charge in [0.25, 0.3) is 5.91 Å². The lowest BCUT2D eigenvalue weighted by Crippen LogP contribution is -2.44. The Morgan fingerprint density at radius 3 is 2.35 bits per heavy atom. The highest BCUT2D eigenvalue weighted by atomic mass is 32.1. The van der Waals surface area contributed by atoms with Crippen molar-refractivity contribution in [1.82, 2.24) is 10.2 Å². The number of benzene rings is 2. The molecule has 1 N–H and O–H groups in total. The molecule has 4 nitrogen and oxygen atoms in total. The zero-order chi connectivity index (χ0) is 21.8. The van der Waals surface area contributed by atoms with E-state index < -0.39 is 0 Å². The molecule has 1 aromatic heterocycles. The van der Waals surface area contributed by atoms with Crippen molar-refractivity contribution in [2.45, 2.75) is 25.4 Å². The van der Waals surface area contributed by atoms with E-state index in [2.05, 4.69) is 39.4 Å². The zero-order valence-corrected chi connectivity index (χ0v) is 18.8. The summed E-state index contributed by atoms with van der Waals surface area (Å²) in [6.07, 6.45) is 1.86. The molecule has 0 radical (unpaired) electrons. The van der Waals surface area contributed by atoms with Gasteiger partial charge in [0.05, 0.1) is 4.88 Å². The molecule has 1 saturated heterocycles. The van der Waals surface area contributed by atoms with Crippen molar-refractivity contribution in [1.29, 1.82) is 0 Å². The molecule has 162 valence electrons. The van der Waals surface area contributed by atoms with Crippen LogP contribution in [-0.4, -0.2) is 44.0 Å². The van der Waals surface area contributed by atoms with Gasteiger partial charge in [-0.15, -0.1) is 11.3 Å². The predicted octanol–water partition coefficient (Wildman–Crippen LogP) is 5.01. The van der Waals surface area contributed by atoms with Crippen LogP contribution in [0.4, 0.5) is 10.1 Å². The molecule has 1 amide bonds. The highest BCUT2D eigenvalue weighted by Crippen LogP contribution is 2.29. The number of hydrogen-bond acceptors (Lipinski definition) is 4. The van der Waals surface area contributed by atoms with Crippen molar-refractivity contribution in [3.63, 3.8) is 0 Å². The van der Waals surface area contributed by atoms with Crippen molar-refractivity contribution in [2.24, 2.45) is 0 Å². The van der Waals surface area contributed by atoms with Crippen LogP contribution in [-0.2, 0) is 6.54 Å². The molecular weight excluding hydrogens is 409 g/mol. The first kappa shape index (κ1) is 21.5. The Morgan fingerprint density at radius 2 is 1.71 bits per heavy atom. The summed E-state index contributed by atoms with van der Waals surface area (Å²) in [5.74, 6) is -0.189. The summed E-state index contributed by atoms with van der Waals surface area (Å²) in [6.45, 7) is 2.67. The van der Waals surface area contributed by atoms with E-state index in [0.29, 0.717) is 0 Å². The molecule has 0 unspecified atom stereocenters. The normalized spacial score (nSPS) is 15.1. The van der Waals surface area contributed by atoms with Crippen LogP contribution in [0.15, 0.2) is 60.7 Å². The van der Waals surface area contributed by atoms with Gasteiger partial charge in [-0.25, -0.2) is 4.39 Å². The number of hydrogen-bond donors (Lipinski definition) is 1. The molecule has 0 atom stereocenters. The smallest absolute Gasteiger partial charge is 0.261 e. The minimum absolute atomic E-state index is 0.0122. The molecule has 0 aliphatic carbocycles. The van der Waals surface area contributed by atoms with E-state index in [1.807, 2.05) is 38.4 Å². The summed E-state index contributed by atoms with van der Waals surface area (Å²) in [4.78, 5) is 19.0. The molecule has 6 heteroatoms. The van der Waals surface area contributed by atoms with Gasteiger partial charge in [0.2, 0.25) is 0 Å². The molecule has 2 aromatic carbocycles. The Kier molecular flexibility index (Phi) is 6.68. The number of amides is 1. The standard InChI is InChI=1S/C25H28FN3OS/c1-28(2)22-9-5-19(6-10-22)23-11-12-24(31-23)25(30)27-21-13-15-29(16-14-21)17-18-3-7-20(26)8-4-18/h3-12,21H,13-17H2,1-2H3,(H,27,30). The second-order valence-corrected chi connectivity index (χ2v) is 9.34. The lowest BCUT2D eigenvalue weighted by atomic mass is 10.0. The second kappa shape index (κ2) is 9.62. The van der Waals surface area contributed by atoms with Gasteiger partial charge < -0.3 is 10.2 Å². The van der Waals surface area contributed by atoms with Crippen molar-refractivity contribution in [3.8, 4) is 10.4 Å². The Labute approximate surface area is 187 Å². The third-order valence-corrected chi connectivity index (χ3v) is 6.87. The van der Waals surface area contributed by atoms with Crippen LogP contribution >= 0.6 is 11.3 Å². The summed E-state index contributed by atoms with van der Waals surface area (Å²) in [7, 11) is 4.05. The third kappa shape index (κ3) is 5.51. The van der Waals surface area contributed by atoms with Gasteiger partial charge in [-0.2, -0.15) is 0 Å². The first-order chi connectivity index (χ1) is 15.0. The topological polar surface area (TPSA) is 35.6 Å². The molecule has 1 aliphatic rings. The van der Waals surface area contributed by atoms with E-state index in [-0.39, 0.29) is 17.8 Å². The van der Waals surface area contributed by atoms with Gasteiger partial charge in [0.15, 0.2) is 0 Å². The molecule has 1 aliphatic heterocycles. The first-order valence-corrected chi connectivity index (χ1v) is 11.4. The lowest BCUT2D eigenvalue weighted by Gasteiger charge is -2.32. The van der Waals surface area contributed by atoms with Crippen LogP contribution in [0, 0.1) is 5.82 Å². The molecule has 31 heavy (non-hydrogen) atoms. The van der Waals surface area contributed by atoms with E-state index in [1.165, 1.54) is 23.5 Å². The molecule has 0 spiro atoms. The van der Waals surface area contributed by atoms with Crippen LogP contribution in [0.2, 0.25) is 0 Å². The quantitative estimate of drug-likeness (QED) is 0.589. The number of thiophene rings is 1. The van der Waals surface area contributed by atoms with Gasteiger partial charge in [-0.05, 0) is 60.4 Å². The number of anilines is 1. The summed E-state index contributed by atoms with van der Waals surface area (Å²) >= 11 is 1.53. The zero-order valence-electron chi connectivity index (χ0n) is 18.0. The highest BCUT2D eigenvalue weighted by molar-refractivity contribution is 7.17. The molecular formula is C25H28FN3OS. The van der Waals surface area contributed by atoms with Crippen LogP contribution in [0.5, 0.6) is 0 Å². The molecule has 4 rings (SSSR count). The summed E-state index contributed by atoms with van der Waals surface area (Å²) < 4.78 is 13.1. The maximum Gasteiger partial charge on any atom is 0.261 e. The van der Waals surface area contributed by atoms with Gasteiger partial charge >= 0.3 is 0 Å². The Bertz CT molecular complexity index is 1010. The monoisotopic (exact) mass is 437 g/mol. The van der Waals surface area contributed by atoms with Crippen LogP contribution in [0.3, 0.4) is 0 Å². The van der Waals surface area contributed by atoms with Gasteiger partial charge in [-0.3, -0.25) is 9.69 Å². The average molecular weight is 438 g/mol. The van der Waals surface area contributed by atoms with Crippen molar-refractivity contribution in [2.75, 3.05) is 32.1 Å². The van der Waals surface area contributed by atoms with Gasteiger partial charge in [-0.1, -0.05) is 24.3 Å². The van der Waals surface area contributed by atoms with Crippen LogP contribution in [0.1, 0.15) is 28.1 Å². The second-order valence-electron chi connectivity index (χ2n) is 8.26. The molecule has 1 fully saturated rings. The van der Waals surface area contributed by atoms with E-state index in [4.69, 9.17) is 0 Å². The largest absolute Gasteiger partial charge is 0.378 e. The molecule has 3 aromatic rings. The number of nitrogens with zero attached hydrogens (tertiary/aromatic N) is 2. The average Bonchev–Trinajstić information content (AvgIpc) is 3.27.